The number of halogens is 1. The van der Waals surface area contributed by atoms with Gasteiger partial charge in [0.1, 0.15) is 12.9 Å². The molecular weight excluding hydrogens is 279 g/mol. The number of rotatable bonds is 4. The highest BCUT2D eigenvalue weighted by Crippen LogP contribution is 1.82. The Balaban J connectivity index is 0. The summed E-state index contributed by atoms with van der Waals surface area (Å²) in [7, 11) is 7.86. The Morgan fingerprint density at radius 3 is 2.15 bits per heavy atom. The minimum atomic E-state index is 0. The van der Waals surface area contributed by atoms with Crippen LogP contribution in [0.4, 0.5) is 0 Å². The van der Waals surface area contributed by atoms with Gasteiger partial charge in [-0.2, -0.15) is 0 Å². The molecule has 0 fully saturated rings. The smallest absolute Gasteiger partial charge is 0.259 e. The quantitative estimate of drug-likeness (QED) is 0.183. The highest BCUT2D eigenvalue weighted by molar-refractivity contribution is 5.57. The van der Waals surface area contributed by atoms with Crippen LogP contribution in [-0.4, -0.2) is 61.9 Å². The number of nitrogens with zero attached hydrogens (tertiary/aromatic N) is 4. The molecule has 0 unspecified atom stereocenters. The second-order valence-corrected chi connectivity index (χ2v) is 3.03. The van der Waals surface area contributed by atoms with Crippen molar-refractivity contribution in [3.05, 3.63) is 0 Å². The first-order valence-corrected chi connectivity index (χ1v) is 4.04. The van der Waals surface area contributed by atoms with Crippen LogP contribution in [0.3, 0.4) is 0 Å². The molecule has 0 rings (SSSR count). The van der Waals surface area contributed by atoms with E-state index >= 15 is 0 Å². The van der Waals surface area contributed by atoms with Crippen LogP contribution in [0.25, 0.3) is 0 Å². The molecule has 0 spiro atoms. The fraction of sp³-hybridized carbons (Fsp3) is 0.750. The van der Waals surface area contributed by atoms with Gasteiger partial charge in [-0.05, 0) is 6.92 Å². The van der Waals surface area contributed by atoms with E-state index in [-0.39, 0.29) is 24.0 Å². The standard InChI is InChI=1S/C8H19N4.HI/c1-6-12(8-11(4)5)9-7-10(2)3;/h7-8H,6H2,1-5H3;1H/q+1;/p-1/b9-7+;. The van der Waals surface area contributed by atoms with E-state index in [1.807, 2.05) is 49.0 Å². The Kier molecular flexibility index (Phi) is 9.65. The zero-order valence-electron chi connectivity index (χ0n) is 9.03. The van der Waals surface area contributed by atoms with Crippen LogP contribution in [0.2, 0.25) is 0 Å². The van der Waals surface area contributed by atoms with Gasteiger partial charge in [-0.15, -0.1) is 5.01 Å². The lowest BCUT2D eigenvalue weighted by Crippen LogP contribution is -3.00. The molecule has 0 saturated heterocycles. The van der Waals surface area contributed by atoms with E-state index in [1.165, 1.54) is 0 Å². The second-order valence-electron chi connectivity index (χ2n) is 3.03. The molecule has 0 aromatic carbocycles. The van der Waals surface area contributed by atoms with Gasteiger partial charge < -0.3 is 28.9 Å². The average Bonchev–Trinajstić information content (AvgIpc) is 1.97. The predicted molar refractivity (Wildman–Crippen MR) is 52.7 cm³/mol. The lowest BCUT2D eigenvalue weighted by molar-refractivity contribution is -0.464. The van der Waals surface area contributed by atoms with Gasteiger partial charge in [0, 0.05) is 14.1 Å². The molecule has 0 atom stereocenters. The maximum Gasteiger partial charge on any atom is 0.259 e. The summed E-state index contributed by atoms with van der Waals surface area (Å²) in [6, 6.07) is 0. The Hall–Kier alpha value is -0.330. The molecule has 4 nitrogen and oxygen atoms in total. The first kappa shape index (κ1) is 15.2. The van der Waals surface area contributed by atoms with E-state index in [2.05, 4.69) is 12.0 Å². The summed E-state index contributed by atoms with van der Waals surface area (Å²) in [6.45, 7) is 2.94. The van der Waals surface area contributed by atoms with Crippen molar-refractivity contribution in [2.75, 3.05) is 34.7 Å². The summed E-state index contributed by atoms with van der Waals surface area (Å²) >= 11 is 0. The zero-order chi connectivity index (χ0) is 9.56. The Labute approximate surface area is 97.9 Å². The summed E-state index contributed by atoms with van der Waals surface area (Å²) in [5.74, 6) is 0. The van der Waals surface area contributed by atoms with E-state index in [0.29, 0.717) is 0 Å². The summed E-state index contributed by atoms with van der Waals surface area (Å²) in [6.07, 6.45) is 3.73. The van der Waals surface area contributed by atoms with Crippen molar-refractivity contribution in [3.8, 4) is 0 Å². The molecule has 0 aromatic rings. The van der Waals surface area contributed by atoms with Crippen molar-refractivity contribution in [2.45, 2.75) is 6.92 Å². The van der Waals surface area contributed by atoms with Crippen LogP contribution >= 0.6 is 0 Å². The fourth-order valence-corrected chi connectivity index (χ4v) is 0.629. The minimum Gasteiger partial charge on any atom is -1.00 e. The molecule has 78 valence electrons. The van der Waals surface area contributed by atoms with Gasteiger partial charge >= 0.3 is 0 Å². The largest absolute Gasteiger partial charge is 1.00 e. The van der Waals surface area contributed by atoms with E-state index in [9.17, 15) is 0 Å². The number of hydrogen-bond donors (Lipinski definition) is 0. The average molecular weight is 298 g/mol. The Bertz CT molecular complexity index is 173. The number of hydrazone groups is 1. The number of hydrogen-bond acceptors (Lipinski definition) is 1. The maximum absolute atomic E-state index is 4.22. The van der Waals surface area contributed by atoms with Crippen LogP contribution in [0.1, 0.15) is 6.92 Å². The van der Waals surface area contributed by atoms with Gasteiger partial charge in [-0.25, -0.2) is 0 Å². The normalized spacial score (nSPS) is 9.31. The molecule has 0 aliphatic rings. The van der Waals surface area contributed by atoms with Crippen molar-refractivity contribution in [3.63, 3.8) is 0 Å². The zero-order valence-corrected chi connectivity index (χ0v) is 11.2. The van der Waals surface area contributed by atoms with Gasteiger partial charge in [-0.3, -0.25) is 4.58 Å². The van der Waals surface area contributed by atoms with Crippen molar-refractivity contribution in [2.24, 2.45) is 5.10 Å². The first-order chi connectivity index (χ1) is 5.56. The van der Waals surface area contributed by atoms with Crippen LogP contribution in [0.15, 0.2) is 5.10 Å². The van der Waals surface area contributed by atoms with Crippen molar-refractivity contribution < 1.29 is 28.6 Å². The molecule has 0 aromatic heterocycles. The summed E-state index contributed by atoms with van der Waals surface area (Å²) < 4.78 is 1.97. The van der Waals surface area contributed by atoms with Crippen LogP contribution in [0, 0.1) is 0 Å². The molecule has 0 heterocycles. The van der Waals surface area contributed by atoms with Crippen LogP contribution < -0.4 is 24.0 Å². The Morgan fingerprint density at radius 1 is 1.31 bits per heavy atom. The first-order valence-electron chi connectivity index (χ1n) is 4.04. The molecule has 0 aliphatic carbocycles. The summed E-state index contributed by atoms with van der Waals surface area (Å²) in [5, 5.41) is 6.09. The monoisotopic (exact) mass is 298 g/mol. The van der Waals surface area contributed by atoms with Gasteiger partial charge in [0.2, 0.25) is 0 Å². The third-order valence-electron chi connectivity index (χ3n) is 1.12. The van der Waals surface area contributed by atoms with E-state index in [1.54, 1.807) is 6.34 Å². The SMILES string of the molecule is CCN(C=[N+](C)C)/N=C/N(C)C.[I-]. The van der Waals surface area contributed by atoms with Crippen molar-refractivity contribution in [1.82, 2.24) is 9.91 Å². The topological polar surface area (TPSA) is 21.9 Å². The summed E-state index contributed by atoms with van der Waals surface area (Å²) in [5.41, 5.74) is 0. The highest BCUT2D eigenvalue weighted by atomic mass is 127. The lowest BCUT2D eigenvalue weighted by atomic mass is 10.7. The van der Waals surface area contributed by atoms with Crippen molar-refractivity contribution in [1.29, 1.82) is 0 Å². The molecule has 0 aliphatic heterocycles. The molecular formula is C8H19IN4. The van der Waals surface area contributed by atoms with Crippen molar-refractivity contribution >= 4 is 12.7 Å². The third kappa shape index (κ3) is 9.59. The van der Waals surface area contributed by atoms with Crippen LogP contribution in [-0.2, 0) is 0 Å². The van der Waals surface area contributed by atoms with Gasteiger partial charge in [-0.1, -0.05) is 5.10 Å². The lowest BCUT2D eigenvalue weighted by Gasteiger charge is -2.05. The minimum absolute atomic E-state index is 0. The third-order valence-corrected chi connectivity index (χ3v) is 1.12. The maximum atomic E-state index is 4.22. The predicted octanol–water partition coefficient (Wildman–Crippen LogP) is -2.88. The van der Waals surface area contributed by atoms with Gasteiger partial charge in [0.05, 0.1) is 14.1 Å². The molecule has 0 N–H and O–H groups in total. The van der Waals surface area contributed by atoms with E-state index in [0.717, 1.165) is 6.54 Å². The van der Waals surface area contributed by atoms with Gasteiger partial charge in [0.25, 0.3) is 6.34 Å². The molecule has 0 saturated carbocycles. The fourth-order valence-electron chi connectivity index (χ4n) is 0.629. The summed E-state index contributed by atoms with van der Waals surface area (Å²) in [4.78, 5) is 1.91. The molecule has 0 radical (unpaired) electrons. The van der Waals surface area contributed by atoms with E-state index < -0.39 is 0 Å². The molecule has 0 bridgehead atoms. The Morgan fingerprint density at radius 2 is 1.85 bits per heavy atom. The molecule has 0 amide bonds. The van der Waals surface area contributed by atoms with Crippen LogP contribution in [0.5, 0.6) is 0 Å². The van der Waals surface area contributed by atoms with E-state index in [4.69, 9.17) is 0 Å². The highest BCUT2D eigenvalue weighted by Gasteiger charge is 1.99. The molecule has 13 heavy (non-hydrogen) atoms. The van der Waals surface area contributed by atoms with Gasteiger partial charge in [0.15, 0.2) is 0 Å². The molecule has 5 heteroatoms. The second kappa shape index (κ2) is 8.28.